The van der Waals surface area contributed by atoms with E-state index in [9.17, 15) is 15.3 Å². The van der Waals surface area contributed by atoms with Crippen LogP contribution in [0.25, 0.3) is 11.1 Å². The van der Waals surface area contributed by atoms with Crippen LogP contribution in [0.3, 0.4) is 0 Å². The lowest BCUT2D eigenvalue weighted by atomic mass is 9.73. The summed E-state index contributed by atoms with van der Waals surface area (Å²) in [5.41, 5.74) is 6.13. The lowest BCUT2D eigenvalue weighted by molar-refractivity contribution is -0.0429. The predicted octanol–water partition coefficient (Wildman–Crippen LogP) is 3.75. The quantitative estimate of drug-likeness (QED) is 0.211. The number of ether oxygens (including phenoxy) is 4. The maximum absolute atomic E-state index is 10.4. The van der Waals surface area contributed by atoms with Crippen molar-refractivity contribution in [3.8, 4) is 39.9 Å². The van der Waals surface area contributed by atoms with E-state index in [2.05, 4.69) is 21.7 Å². The van der Waals surface area contributed by atoms with Crippen LogP contribution in [-0.2, 0) is 17.6 Å². The summed E-state index contributed by atoms with van der Waals surface area (Å²) in [4.78, 5) is 2.25. The Morgan fingerprint density at radius 1 is 1.09 bits per heavy atom. The summed E-state index contributed by atoms with van der Waals surface area (Å²) in [5, 5.41) is 36.6. The molecule has 3 aromatic rings. The van der Waals surface area contributed by atoms with Crippen molar-refractivity contribution in [1.29, 1.82) is 0 Å². The molecule has 0 saturated heterocycles. The Labute approximate surface area is 251 Å². The van der Waals surface area contributed by atoms with Crippen molar-refractivity contribution in [2.24, 2.45) is 0 Å². The number of fused-ring (bicyclic) bond motifs is 5. The van der Waals surface area contributed by atoms with Gasteiger partial charge in [0.15, 0.2) is 17.6 Å². The van der Waals surface area contributed by atoms with E-state index < -0.39 is 6.10 Å². The average Bonchev–Trinajstić information content (AvgIpc) is 3.55. The van der Waals surface area contributed by atoms with Crippen LogP contribution in [0.1, 0.15) is 40.7 Å². The van der Waals surface area contributed by atoms with Crippen molar-refractivity contribution in [2.45, 2.75) is 37.4 Å². The molecule has 6 rings (SSSR count). The molecule has 10 nitrogen and oxygen atoms in total. The molecule has 228 valence electrons. The van der Waals surface area contributed by atoms with Gasteiger partial charge in [0.2, 0.25) is 0 Å². The molecule has 3 aromatic carbocycles. The molecule has 2 aliphatic heterocycles. The molecule has 0 radical (unpaired) electrons. The van der Waals surface area contributed by atoms with Gasteiger partial charge in [0.25, 0.3) is 0 Å². The zero-order valence-electron chi connectivity index (χ0n) is 24.5. The lowest BCUT2D eigenvalue weighted by Crippen LogP contribution is -2.36. The summed E-state index contributed by atoms with van der Waals surface area (Å²) in [5.74, 6) is 2.13. The Bertz CT molecular complexity index is 1490. The number of aliphatic hydroxyl groups is 1. The van der Waals surface area contributed by atoms with Crippen molar-refractivity contribution < 1.29 is 34.3 Å². The summed E-state index contributed by atoms with van der Waals surface area (Å²) in [7, 11) is 3.36. The number of hydrogen-bond acceptors (Lipinski definition) is 10. The van der Waals surface area contributed by atoms with E-state index in [4.69, 9.17) is 18.9 Å². The molecule has 0 amide bonds. The van der Waals surface area contributed by atoms with E-state index in [-0.39, 0.29) is 36.7 Å². The number of rotatable bonds is 11. The standard InChI is InChI=1S/C33H39N3O7/c1-34-19-42-30-16-25-27(43-33(30)21-3-6-26(39)28(15-21)40-2)17-29(41-12-11-37)32-24-5-4-23(38)14-22(24)13-20(31(25)32)7-9-36-10-8-35-18-36/h3-6,8,10,14-15,17,20,30,33-35,37-39H,7,9,11-13,16,18-19H2,1-2H3/t20-,30+,33+/m0/s1. The van der Waals surface area contributed by atoms with Crippen LogP contribution in [0.15, 0.2) is 54.9 Å². The minimum atomic E-state index is -0.467. The normalized spacial score (nSPS) is 20.1. The summed E-state index contributed by atoms with van der Waals surface area (Å²) in [6.07, 6.45) is 5.48. The second-order valence-electron chi connectivity index (χ2n) is 11.1. The molecule has 0 bridgehead atoms. The largest absolute Gasteiger partial charge is 0.508 e. The first-order valence-corrected chi connectivity index (χ1v) is 14.7. The van der Waals surface area contributed by atoms with Gasteiger partial charge in [0.05, 0.1) is 27.1 Å². The van der Waals surface area contributed by atoms with Gasteiger partial charge in [0, 0.05) is 42.6 Å². The Kier molecular flexibility index (Phi) is 8.51. The molecule has 3 aliphatic rings. The van der Waals surface area contributed by atoms with Gasteiger partial charge in [-0.25, -0.2) is 0 Å². The maximum Gasteiger partial charge on any atom is 0.160 e. The monoisotopic (exact) mass is 589 g/mol. The molecule has 43 heavy (non-hydrogen) atoms. The van der Waals surface area contributed by atoms with Crippen molar-refractivity contribution >= 4 is 0 Å². The van der Waals surface area contributed by atoms with E-state index in [1.54, 1.807) is 18.2 Å². The lowest BCUT2D eigenvalue weighted by Gasteiger charge is -2.39. The van der Waals surface area contributed by atoms with E-state index in [1.807, 2.05) is 37.5 Å². The van der Waals surface area contributed by atoms with Gasteiger partial charge < -0.3 is 44.5 Å². The van der Waals surface area contributed by atoms with Gasteiger partial charge in [-0.2, -0.15) is 0 Å². The summed E-state index contributed by atoms with van der Waals surface area (Å²) >= 11 is 0. The van der Waals surface area contributed by atoms with Crippen LogP contribution in [-0.4, -0.2) is 73.6 Å². The van der Waals surface area contributed by atoms with Crippen molar-refractivity contribution in [3.63, 3.8) is 0 Å². The number of methoxy groups -OCH3 is 1. The molecule has 0 aromatic heterocycles. The molecular weight excluding hydrogens is 550 g/mol. The van der Waals surface area contributed by atoms with Crippen LogP contribution >= 0.6 is 0 Å². The zero-order valence-corrected chi connectivity index (χ0v) is 24.5. The van der Waals surface area contributed by atoms with Gasteiger partial charge in [-0.15, -0.1) is 0 Å². The fourth-order valence-electron chi connectivity index (χ4n) is 6.48. The second-order valence-corrected chi connectivity index (χ2v) is 11.1. The number of aromatic hydroxyl groups is 2. The molecular formula is C33H39N3O7. The molecule has 0 spiro atoms. The smallest absolute Gasteiger partial charge is 0.160 e. The number of aliphatic hydroxyl groups excluding tert-OH is 1. The Balaban J connectivity index is 1.49. The number of nitrogens with one attached hydrogen (secondary N) is 2. The highest BCUT2D eigenvalue weighted by Crippen LogP contribution is 2.53. The van der Waals surface area contributed by atoms with E-state index in [0.29, 0.717) is 30.4 Å². The number of nitrogens with zero attached hydrogens (tertiary/aromatic N) is 1. The van der Waals surface area contributed by atoms with Gasteiger partial charge in [-0.3, -0.25) is 5.32 Å². The molecule has 5 N–H and O–H groups in total. The molecule has 2 heterocycles. The first-order chi connectivity index (χ1) is 21.0. The summed E-state index contributed by atoms with van der Waals surface area (Å²) in [6, 6.07) is 12.7. The average molecular weight is 590 g/mol. The highest BCUT2D eigenvalue weighted by atomic mass is 16.6. The highest BCUT2D eigenvalue weighted by molar-refractivity contribution is 5.83. The molecule has 3 atom stereocenters. The first kappa shape index (κ1) is 29.0. The molecule has 1 aliphatic carbocycles. The molecule has 10 heteroatoms. The van der Waals surface area contributed by atoms with Crippen LogP contribution in [0, 0.1) is 0 Å². The minimum absolute atomic E-state index is 0.0551. The third-order valence-corrected chi connectivity index (χ3v) is 8.42. The zero-order chi connectivity index (χ0) is 29.9. The Morgan fingerprint density at radius 2 is 1.98 bits per heavy atom. The van der Waals surface area contributed by atoms with E-state index in [1.165, 1.54) is 12.7 Å². The van der Waals surface area contributed by atoms with Crippen molar-refractivity contribution in [2.75, 3.05) is 47.3 Å². The van der Waals surface area contributed by atoms with Crippen LogP contribution in [0.5, 0.6) is 28.7 Å². The third kappa shape index (κ3) is 5.78. The molecule has 0 saturated carbocycles. The van der Waals surface area contributed by atoms with Crippen LogP contribution in [0.4, 0.5) is 0 Å². The predicted molar refractivity (Wildman–Crippen MR) is 162 cm³/mol. The first-order valence-electron chi connectivity index (χ1n) is 14.7. The number of hydrogen-bond donors (Lipinski definition) is 5. The van der Waals surface area contributed by atoms with Gasteiger partial charge >= 0.3 is 0 Å². The topological polar surface area (TPSA) is 125 Å². The van der Waals surface area contributed by atoms with Gasteiger partial charge in [0.1, 0.15) is 30.0 Å². The number of phenols is 2. The summed E-state index contributed by atoms with van der Waals surface area (Å²) in [6.45, 7) is 1.99. The second kappa shape index (κ2) is 12.6. The Morgan fingerprint density at radius 3 is 2.74 bits per heavy atom. The SMILES string of the molecule is CNCO[C@@H]1Cc2c(cc(OCCO)c3c2[C@@H](CCN2C=CNC2)Cc2cc(O)ccc2-3)O[C@@H]1c1ccc(O)c(OC)c1. The molecule has 0 fully saturated rings. The fourth-order valence-corrected chi connectivity index (χ4v) is 6.48. The Hall–Kier alpha value is -4.12. The van der Waals surface area contributed by atoms with Gasteiger partial charge in [-0.05, 0) is 72.3 Å². The van der Waals surface area contributed by atoms with Gasteiger partial charge in [-0.1, -0.05) is 12.1 Å². The van der Waals surface area contributed by atoms with Crippen molar-refractivity contribution in [1.82, 2.24) is 15.5 Å². The third-order valence-electron chi connectivity index (χ3n) is 8.42. The minimum Gasteiger partial charge on any atom is -0.508 e. The summed E-state index contributed by atoms with van der Waals surface area (Å²) < 4.78 is 24.7. The van der Waals surface area contributed by atoms with Crippen molar-refractivity contribution in [3.05, 3.63) is 77.1 Å². The fraction of sp³-hybridized carbons (Fsp3) is 0.394. The maximum atomic E-state index is 10.4. The highest BCUT2D eigenvalue weighted by Gasteiger charge is 2.39. The number of benzene rings is 3. The van der Waals surface area contributed by atoms with Crippen LogP contribution in [0.2, 0.25) is 0 Å². The molecule has 0 unspecified atom stereocenters. The van der Waals surface area contributed by atoms with E-state index >= 15 is 0 Å². The van der Waals surface area contributed by atoms with Crippen LogP contribution < -0.4 is 24.8 Å². The number of phenolic OH excluding ortho intramolecular Hbond substituents is 2. The van der Waals surface area contributed by atoms with E-state index in [0.717, 1.165) is 53.9 Å².